The smallest absolute Gasteiger partial charge is 0.242 e. The summed E-state index contributed by atoms with van der Waals surface area (Å²) in [5.74, 6) is 0.569. The zero-order valence-electron chi connectivity index (χ0n) is 15.0. The van der Waals surface area contributed by atoms with Gasteiger partial charge in [-0.3, -0.25) is 14.5 Å². The molecule has 27 heavy (non-hydrogen) atoms. The van der Waals surface area contributed by atoms with Gasteiger partial charge in [-0.25, -0.2) is 0 Å². The minimum atomic E-state index is -0.0448. The molecule has 1 amide bonds. The molecule has 1 N–H and O–H groups in total. The van der Waals surface area contributed by atoms with Gasteiger partial charge in [0.15, 0.2) is 10.6 Å². The maximum atomic E-state index is 12.7. The Kier molecular flexibility index (Phi) is 6.36. The molecule has 3 rings (SSSR count). The molecule has 0 unspecified atom stereocenters. The van der Waals surface area contributed by atoms with E-state index in [0.717, 1.165) is 11.1 Å². The number of thioether (sulfide) groups is 1. The maximum Gasteiger partial charge on any atom is 0.242 e. The number of carbonyl (C=O) groups excluding carboxylic acids is 1. The average Bonchev–Trinajstić information content (AvgIpc) is 3.03. The summed E-state index contributed by atoms with van der Waals surface area (Å²) >= 11 is 12.9. The minimum absolute atomic E-state index is 0.0448. The molecule has 0 aliphatic heterocycles. The van der Waals surface area contributed by atoms with E-state index in [-0.39, 0.29) is 12.5 Å². The van der Waals surface area contributed by atoms with Gasteiger partial charge in [-0.2, -0.15) is 5.10 Å². The Bertz CT molecular complexity index is 980. The fraction of sp³-hybridized carbons (Fsp3) is 0.211. The molecule has 2 aromatic carbocycles. The molecule has 0 fully saturated rings. The van der Waals surface area contributed by atoms with Crippen molar-refractivity contribution >= 4 is 41.5 Å². The molecular formula is C19H19ClN4OS2. The first-order valence-corrected chi connectivity index (χ1v) is 10.3. The van der Waals surface area contributed by atoms with Gasteiger partial charge in [0.05, 0.1) is 0 Å². The number of halogens is 1. The summed E-state index contributed by atoms with van der Waals surface area (Å²) in [6.45, 7) is 0.654. The highest BCUT2D eigenvalue weighted by Crippen LogP contribution is 2.20. The van der Waals surface area contributed by atoms with Crippen LogP contribution in [0.5, 0.6) is 0 Å². The number of benzene rings is 2. The molecule has 0 atom stereocenters. The van der Waals surface area contributed by atoms with E-state index in [2.05, 4.69) is 22.3 Å². The second-order valence-electron chi connectivity index (χ2n) is 6.04. The van der Waals surface area contributed by atoms with E-state index in [1.54, 1.807) is 40.4 Å². The molecule has 0 saturated carbocycles. The molecule has 3 aromatic rings. The highest BCUT2D eigenvalue weighted by molar-refractivity contribution is 7.98. The third kappa shape index (κ3) is 4.80. The van der Waals surface area contributed by atoms with E-state index in [1.165, 1.54) is 4.90 Å². The van der Waals surface area contributed by atoms with E-state index in [9.17, 15) is 4.79 Å². The van der Waals surface area contributed by atoms with Gasteiger partial charge < -0.3 is 4.90 Å². The summed E-state index contributed by atoms with van der Waals surface area (Å²) < 4.78 is 2.11. The monoisotopic (exact) mass is 418 g/mol. The third-order valence-electron chi connectivity index (χ3n) is 4.16. The fourth-order valence-corrected chi connectivity index (χ4v) is 3.36. The number of nitrogens with zero attached hydrogens (tertiary/aromatic N) is 3. The summed E-state index contributed by atoms with van der Waals surface area (Å²) in [5.41, 5.74) is 1.92. The van der Waals surface area contributed by atoms with Crippen LogP contribution in [0.3, 0.4) is 0 Å². The lowest BCUT2D eigenvalue weighted by molar-refractivity contribution is -0.131. The van der Waals surface area contributed by atoms with E-state index >= 15 is 0 Å². The first-order chi connectivity index (χ1) is 13.0. The number of aromatic amines is 1. The van der Waals surface area contributed by atoms with Crippen LogP contribution in [0.25, 0.3) is 11.4 Å². The van der Waals surface area contributed by atoms with Crippen molar-refractivity contribution in [1.82, 2.24) is 19.7 Å². The summed E-state index contributed by atoms with van der Waals surface area (Å²) in [6, 6.07) is 15.5. The molecule has 0 saturated heterocycles. The normalized spacial score (nSPS) is 10.8. The molecule has 1 heterocycles. The fourth-order valence-electron chi connectivity index (χ4n) is 2.63. The van der Waals surface area contributed by atoms with Gasteiger partial charge in [0.2, 0.25) is 5.91 Å². The van der Waals surface area contributed by atoms with Crippen molar-refractivity contribution in [1.29, 1.82) is 0 Å². The topological polar surface area (TPSA) is 53.9 Å². The van der Waals surface area contributed by atoms with E-state index in [4.69, 9.17) is 23.8 Å². The van der Waals surface area contributed by atoms with E-state index in [0.29, 0.717) is 22.2 Å². The lowest BCUT2D eigenvalue weighted by Crippen LogP contribution is -2.30. The summed E-state index contributed by atoms with van der Waals surface area (Å²) in [7, 11) is 1.79. The van der Waals surface area contributed by atoms with E-state index in [1.807, 2.05) is 30.5 Å². The number of carbonyl (C=O) groups is 1. The number of rotatable bonds is 6. The zero-order chi connectivity index (χ0) is 19.4. The van der Waals surface area contributed by atoms with Gasteiger partial charge in [0, 0.05) is 29.1 Å². The number of H-pyrrole nitrogens is 1. The van der Waals surface area contributed by atoms with Crippen LogP contribution in [0.1, 0.15) is 5.56 Å². The van der Waals surface area contributed by atoms with Gasteiger partial charge in [-0.1, -0.05) is 23.7 Å². The van der Waals surface area contributed by atoms with Crippen molar-refractivity contribution in [3.05, 3.63) is 63.9 Å². The Balaban J connectivity index is 1.74. The van der Waals surface area contributed by atoms with Crippen LogP contribution in [-0.2, 0) is 17.9 Å². The van der Waals surface area contributed by atoms with Crippen LogP contribution in [-0.4, -0.2) is 38.9 Å². The molecule has 0 bridgehead atoms. The number of amides is 1. The van der Waals surface area contributed by atoms with Gasteiger partial charge in [-0.05, 0) is 60.4 Å². The lowest BCUT2D eigenvalue weighted by atomic mass is 10.2. The molecular weight excluding hydrogens is 400 g/mol. The molecule has 0 radical (unpaired) electrons. The highest BCUT2D eigenvalue weighted by atomic mass is 35.5. The van der Waals surface area contributed by atoms with Crippen molar-refractivity contribution in [2.75, 3.05) is 13.3 Å². The van der Waals surface area contributed by atoms with Gasteiger partial charge in [0.1, 0.15) is 6.54 Å². The van der Waals surface area contributed by atoms with Crippen molar-refractivity contribution in [2.45, 2.75) is 18.0 Å². The Morgan fingerprint density at radius 2 is 1.89 bits per heavy atom. The SMILES string of the molecule is CSc1ccc(CN(C)C(=O)Cn2c(-c3ccc(Cl)cc3)n[nH]c2=S)cc1. The number of likely N-dealkylation sites (N-methyl/N-ethyl adjacent to an activating group) is 1. The van der Waals surface area contributed by atoms with Crippen LogP contribution in [0.4, 0.5) is 0 Å². The van der Waals surface area contributed by atoms with Gasteiger partial charge in [0.25, 0.3) is 0 Å². The minimum Gasteiger partial charge on any atom is -0.340 e. The predicted molar refractivity (Wildman–Crippen MR) is 113 cm³/mol. The summed E-state index contributed by atoms with van der Waals surface area (Å²) in [6.07, 6.45) is 2.04. The number of hydrogen-bond donors (Lipinski definition) is 1. The van der Waals surface area contributed by atoms with Crippen molar-refractivity contribution in [2.24, 2.45) is 0 Å². The Morgan fingerprint density at radius 3 is 2.52 bits per heavy atom. The molecule has 0 spiro atoms. The second kappa shape index (κ2) is 8.73. The average molecular weight is 419 g/mol. The lowest BCUT2D eigenvalue weighted by Gasteiger charge is -2.18. The zero-order valence-corrected chi connectivity index (χ0v) is 17.4. The van der Waals surface area contributed by atoms with Crippen LogP contribution < -0.4 is 0 Å². The first kappa shape index (κ1) is 19.7. The molecule has 140 valence electrons. The van der Waals surface area contributed by atoms with Gasteiger partial charge in [-0.15, -0.1) is 11.8 Å². The number of nitrogens with one attached hydrogen (secondary N) is 1. The number of aromatic nitrogens is 3. The number of hydrogen-bond acceptors (Lipinski definition) is 4. The van der Waals surface area contributed by atoms with E-state index < -0.39 is 0 Å². The molecule has 0 aliphatic carbocycles. The van der Waals surface area contributed by atoms with Crippen LogP contribution in [0, 0.1) is 4.77 Å². The van der Waals surface area contributed by atoms with Crippen LogP contribution in [0.2, 0.25) is 5.02 Å². The molecule has 0 aliphatic rings. The summed E-state index contributed by atoms with van der Waals surface area (Å²) in [4.78, 5) is 15.6. The Labute approximate surface area is 172 Å². The largest absolute Gasteiger partial charge is 0.340 e. The molecule has 8 heteroatoms. The first-order valence-electron chi connectivity index (χ1n) is 8.26. The maximum absolute atomic E-state index is 12.7. The Morgan fingerprint density at radius 1 is 1.22 bits per heavy atom. The van der Waals surface area contributed by atoms with Crippen molar-refractivity contribution < 1.29 is 4.79 Å². The van der Waals surface area contributed by atoms with Crippen molar-refractivity contribution in [3.63, 3.8) is 0 Å². The summed E-state index contributed by atoms with van der Waals surface area (Å²) in [5, 5.41) is 7.67. The highest BCUT2D eigenvalue weighted by Gasteiger charge is 2.15. The molecule has 1 aromatic heterocycles. The second-order valence-corrected chi connectivity index (χ2v) is 7.75. The quantitative estimate of drug-likeness (QED) is 0.468. The standard InChI is InChI=1S/C19H19ClN4OS2/c1-23(11-13-3-9-16(27-2)10-4-13)17(25)12-24-18(21-22-19(24)26)14-5-7-15(20)8-6-14/h3-10H,11-12H2,1-2H3,(H,22,26). The predicted octanol–water partition coefficient (Wildman–Crippen LogP) is 4.64. The van der Waals surface area contributed by atoms with Crippen LogP contribution >= 0.6 is 35.6 Å². The third-order valence-corrected chi connectivity index (χ3v) is 5.47. The Hall–Kier alpha value is -2.09. The molecule has 5 nitrogen and oxygen atoms in total. The van der Waals surface area contributed by atoms with Crippen LogP contribution in [0.15, 0.2) is 53.4 Å². The van der Waals surface area contributed by atoms with Gasteiger partial charge >= 0.3 is 0 Å². The van der Waals surface area contributed by atoms with Crippen molar-refractivity contribution in [3.8, 4) is 11.4 Å².